The minimum atomic E-state index is 0.124. The zero-order chi connectivity index (χ0) is 8.36. The van der Waals surface area contributed by atoms with Crippen LogP contribution in [0, 0.1) is 0 Å². The predicted molar refractivity (Wildman–Crippen MR) is 48.7 cm³/mol. The number of hydrogen-bond acceptors (Lipinski definition) is 0. The van der Waals surface area contributed by atoms with Crippen molar-refractivity contribution in [2.24, 2.45) is 0 Å². The predicted octanol–water partition coefficient (Wildman–Crippen LogP) is 4.29. The van der Waals surface area contributed by atoms with E-state index < -0.39 is 0 Å². The summed E-state index contributed by atoms with van der Waals surface area (Å²) in [7, 11) is 0. The molecule has 0 rings (SSSR count). The fourth-order valence-corrected chi connectivity index (χ4v) is 4.20. The van der Waals surface area contributed by atoms with Crippen molar-refractivity contribution in [1.29, 1.82) is 0 Å². The van der Waals surface area contributed by atoms with Gasteiger partial charge in [0.15, 0.2) is 0 Å². The van der Waals surface area contributed by atoms with Crippen molar-refractivity contribution in [1.82, 2.24) is 0 Å². The van der Waals surface area contributed by atoms with E-state index in [-0.39, 0.29) is 23.2 Å². The van der Waals surface area contributed by atoms with Gasteiger partial charge in [-0.25, -0.2) is 0 Å². The SMILES string of the molecule is CCCC[CH2][Zr][CH2]CCCC. The Balaban J connectivity index is 2.69. The van der Waals surface area contributed by atoms with E-state index in [1.165, 1.54) is 38.5 Å². The molecule has 66 valence electrons. The van der Waals surface area contributed by atoms with Gasteiger partial charge in [-0.15, -0.1) is 0 Å². The standard InChI is InChI=1S/2C5H11.Zr/c2*1-3-5-4-2;/h2*1,3-5H2,2H3;. The van der Waals surface area contributed by atoms with E-state index in [1.807, 2.05) is 0 Å². The Bertz CT molecular complexity index is 53.9. The first-order valence-electron chi connectivity index (χ1n) is 5.12. The molecule has 0 spiro atoms. The summed E-state index contributed by atoms with van der Waals surface area (Å²) in [4.78, 5) is 0. The third kappa shape index (κ3) is 10.9. The van der Waals surface area contributed by atoms with Gasteiger partial charge in [-0.2, -0.15) is 0 Å². The molecule has 0 saturated carbocycles. The van der Waals surface area contributed by atoms with Crippen LogP contribution in [-0.4, -0.2) is 0 Å². The molecule has 0 aromatic carbocycles. The topological polar surface area (TPSA) is 0 Å². The summed E-state index contributed by atoms with van der Waals surface area (Å²) in [5.74, 6) is 0. The molecule has 0 heterocycles. The average molecular weight is 234 g/mol. The maximum absolute atomic E-state index is 2.29. The molecule has 0 radical (unpaired) electrons. The summed E-state index contributed by atoms with van der Waals surface area (Å²) in [6, 6.07) is 0. The summed E-state index contributed by atoms with van der Waals surface area (Å²) in [5, 5.41) is 0. The normalized spacial score (nSPS) is 10.0. The van der Waals surface area contributed by atoms with Crippen molar-refractivity contribution >= 4 is 0 Å². The molecule has 0 aliphatic carbocycles. The third-order valence-electron chi connectivity index (χ3n) is 1.91. The van der Waals surface area contributed by atoms with Gasteiger partial charge >= 0.3 is 83.9 Å². The van der Waals surface area contributed by atoms with Crippen LogP contribution in [0.4, 0.5) is 0 Å². The third-order valence-corrected chi connectivity index (χ3v) is 5.39. The zero-order valence-corrected chi connectivity index (χ0v) is 10.6. The molecular weight excluding hydrogens is 211 g/mol. The molecule has 0 saturated heterocycles. The second-order valence-corrected chi connectivity index (χ2v) is 6.85. The second-order valence-electron chi connectivity index (χ2n) is 3.16. The number of unbranched alkanes of at least 4 members (excludes halogenated alkanes) is 4. The van der Waals surface area contributed by atoms with E-state index in [9.17, 15) is 0 Å². The molecule has 0 atom stereocenters. The first-order valence-corrected chi connectivity index (χ1v) is 8.60. The molecule has 0 fully saturated rings. The van der Waals surface area contributed by atoms with E-state index in [2.05, 4.69) is 13.8 Å². The molecule has 11 heavy (non-hydrogen) atoms. The molecule has 0 bridgehead atoms. The van der Waals surface area contributed by atoms with Crippen LogP contribution < -0.4 is 0 Å². The van der Waals surface area contributed by atoms with E-state index >= 15 is 0 Å². The number of hydrogen-bond donors (Lipinski definition) is 0. The first kappa shape index (κ1) is 11.9. The van der Waals surface area contributed by atoms with Gasteiger partial charge in [-0.05, 0) is 0 Å². The Morgan fingerprint density at radius 3 is 1.55 bits per heavy atom. The summed E-state index contributed by atoms with van der Waals surface area (Å²) in [6.45, 7) is 4.59. The monoisotopic (exact) mass is 232 g/mol. The zero-order valence-electron chi connectivity index (χ0n) is 8.16. The molecule has 0 aromatic rings. The van der Waals surface area contributed by atoms with Crippen molar-refractivity contribution < 1.29 is 23.2 Å². The van der Waals surface area contributed by atoms with Gasteiger partial charge in [-0.3, -0.25) is 0 Å². The molecular formula is C10H22Zr. The van der Waals surface area contributed by atoms with Crippen LogP contribution in [0.1, 0.15) is 52.4 Å². The minimum absolute atomic E-state index is 0.124. The Morgan fingerprint density at radius 2 is 1.18 bits per heavy atom. The van der Waals surface area contributed by atoms with Crippen LogP contribution in [0.5, 0.6) is 0 Å². The van der Waals surface area contributed by atoms with Crippen LogP contribution in [-0.2, 0) is 23.2 Å². The van der Waals surface area contributed by atoms with Gasteiger partial charge in [-0.1, -0.05) is 0 Å². The van der Waals surface area contributed by atoms with Crippen molar-refractivity contribution in [2.75, 3.05) is 0 Å². The van der Waals surface area contributed by atoms with Crippen LogP contribution in [0.3, 0.4) is 0 Å². The van der Waals surface area contributed by atoms with Gasteiger partial charge < -0.3 is 0 Å². The Hall–Kier alpha value is 0.883. The molecule has 0 aromatic heterocycles. The van der Waals surface area contributed by atoms with Gasteiger partial charge in [0, 0.05) is 0 Å². The molecule has 1 heteroatoms. The van der Waals surface area contributed by atoms with Crippen molar-refractivity contribution in [3.63, 3.8) is 0 Å². The molecule has 0 nitrogen and oxygen atoms in total. The van der Waals surface area contributed by atoms with Crippen LogP contribution in [0.25, 0.3) is 0 Å². The van der Waals surface area contributed by atoms with Crippen molar-refractivity contribution in [3.05, 3.63) is 0 Å². The summed E-state index contributed by atoms with van der Waals surface area (Å²) < 4.78 is 3.28. The fourth-order valence-electron chi connectivity index (χ4n) is 1.12. The van der Waals surface area contributed by atoms with E-state index in [4.69, 9.17) is 0 Å². The molecule has 0 aliphatic heterocycles. The summed E-state index contributed by atoms with van der Waals surface area (Å²) in [6.07, 6.45) is 8.83. The first-order chi connectivity index (χ1) is 5.41. The molecule has 0 unspecified atom stereocenters. The number of rotatable bonds is 8. The molecule has 0 amide bonds. The van der Waals surface area contributed by atoms with Crippen LogP contribution in [0.15, 0.2) is 0 Å². The van der Waals surface area contributed by atoms with Crippen LogP contribution in [0.2, 0.25) is 8.26 Å². The summed E-state index contributed by atoms with van der Waals surface area (Å²) in [5.41, 5.74) is 0. The summed E-state index contributed by atoms with van der Waals surface area (Å²) >= 11 is 0.124. The van der Waals surface area contributed by atoms with Gasteiger partial charge in [0.1, 0.15) is 0 Å². The molecule has 0 aliphatic rings. The van der Waals surface area contributed by atoms with E-state index in [1.54, 1.807) is 8.26 Å². The van der Waals surface area contributed by atoms with E-state index in [0.29, 0.717) is 0 Å². The Morgan fingerprint density at radius 1 is 0.727 bits per heavy atom. The van der Waals surface area contributed by atoms with Gasteiger partial charge in [0.2, 0.25) is 0 Å². The van der Waals surface area contributed by atoms with Gasteiger partial charge in [0.25, 0.3) is 0 Å². The van der Waals surface area contributed by atoms with Crippen LogP contribution >= 0.6 is 0 Å². The van der Waals surface area contributed by atoms with Crippen molar-refractivity contribution in [2.45, 2.75) is 60.6 Å². The average Bonchev–Trinajstić information content (AvgIpc) is 2.03. The van der Waals surface area contributed by atoms with Crippen molar-refractivity contribution in [3.8, 4) is 0 Å². The maximum atomic E-state index is 2.29. The molecule has 0 N–H and O–H groups in total. The Kier molecular flexibility index (Phi) is 11.8. The fraction of sp³-hybridized carbons (Fsp3) is 1.00. The second kappa shape index (κ2) is 10.9. The Labute approximate surface area is 83.7 Å². The van der Waals surface area contributed by atoms with Gasteiger partial charge in [0.05, 0.1) is 0 Å². The van der Waals surface area contributed by atoms with E-state index in [0.717, 1.165) is 0 Å². The quantitative estimate of drug-likeness (QED) is 0.549.